The number of hydrogen-bond acceptors (Lipinski definition) is 4. The molecule has 0 fully saturated rings. The summed E-state index contributed by atoms with van der Waals surface area (Å²) in [7, 11) is 0. The minimum Gasteiger partial charge on any atom is -0.388 e. The van der Waals surface area contributed by atoms with Gasteiger partial charge in [-0.15, -0.1) is 0 Å². The van der Waals surface area contributed by atoms with Crippen LogP contribution in [-0.2, 0) is 6.54 Å². The van der Waals surface area contributed by atoms with Crippen LogP contribution < -0.4 is 10.6 Å². The van der Waals surface area contributed by atoms with E-state index in [0.717, 1.165) is 43.6 Å². The second kappa shape index (κ2) is 10.7. The molecular weight excluding hydrogens is 340 g/mol. The molecule has 0 atom stereocenters. The molecule has 0 aliphatic heterocycles. The predicted molar refractivity (Wildman–Crippen MR) is 109 cm³/mol. The van der Waals surface area contributed by atoms with E-state index in [2.05, 4.69) is 39.4 Å². The minimum atomic E-state index is -0.687. The fourth-order valence-electron chi connectivity index (χ4n) is 3.05. The molecule has 7 nitrogen and oxygen atoms in total. The first kappa shape index (κ1) is 20.9. The molecule has 0 aliphatic carbocycles. The van der Waals surface area contributed by atoms with Gasteiger partial charge in [-0.3, -0.25) is 4.57 Å². The monoisotopic (exact) mass is 372 g/mol. The molecule has 2 heterocycles. The Morgan fingerprint density at radius 3 is 2.52 bits per heavy atom. The third-order valence-corrected chi connectivity index (χ3v) is 4.36. The van der Waals surface area contributed by atoms with Crippen molar-refractivity contribution in [1.82, 2.24) is 25.2 Å². The van der Waals surface area contributed by atoms with E-state index in [-0.39, 0.29) is 0 Å². The summed E-state index contributed by atoms with van der Waals surface area (Å²) in [4.78, 5) is 13.1. The van der Waals surface area contributed by atoms with Crippen LogP contribution in [-0.4, -0.2) is 44.3 Å². The summed E-state index contributed by atoms with van der Waals surface area (Å²) >= 11 is 0. The van der Waals surface area contributed by atoms with E-state index >= 15 is 0 Å². The van der Waals surface area contributed by atoms with Crippen LogP contribution in [0.5, 0.6) is 0 Å². The first-order valence-electron chi connectivity index (χ1n) is 9.78. The average molecular weight is 373 g/mol. The molecule has 2 aromatic rings. The first-order valence-corrected chi connectivity index (χ1v) is 9.78. The van der Waals surface area contributed by atoms with Crippen LogP contribution in [0.2, 0.25) is 0 Å². The van der Waals surface area contributed by atoms with Crippen LogP contribution in [0.25, 0.3) is 5.82 Å². The summed E-state index contributed by atoms with van der Waals surface area (Å²) in [5.74, 6) is 1.54. The molecule has 0 aromatic carbocycles. The number of aliphatic hydroxyl groups is 1. The zero-order valence-corrected chi connectivity index (χ0v) is 16.6. The zero-order valence-electron chi connectivity index (χ0n) is 16.6. The number of guanidine groups is 1. The molecule has 0 bridgehead atoms. The second-order valence-corrected chi connectivity index (χ2v) is 6.77. The van der Waals surface area contributed by atoms with Crippen molar-refractivity contribution in [3.05, 3.63) is 42.6 Å². The zero-order chi connectivity index (χ0) is 19.5. The topological polar surface area (TPSA) is 87.4 Å². The quantitative estimate of drug-likeness (QED) is 0.441. The highest BCUT2D eigenvalue weighted by Crippen LogP contribution is 2.18. The Labute approximate surface area is 162 Å². The maximum absolute atomic E-state index is 10.8. The Morgan fingerprint density at radius 2 is 1.96 bits per heavy atom. The van der Waals surface area contributed by atoms with E-state index in [9.17, 15) is 5.11 Å². The van der Waals surface area contributed by atoms with Gasteiger partial charge in [0.2, 0.25) is 0 Å². The molecule has 148 valence electrons. The van der Waals surface area contributed by atoms with Crippen molar-refractivity contribution in [2.24, 2.45) is 4.99 Å². The second-order valence-electron chi connectivity index (χ2n) is 6.77. The summed E-state index contributed by atoms with van der Waals surface area (Å²) in [5, 5.41) is 17.3. The van der Waals surface area contributed by atoms with Crippen LogP contribution >= 0.6 is 0 Å². The van der Waals surface area contributed by atoms with Crippen molar-refractivity contribution in [3.63, 3.8) is 0 Å². The van der Waals surface area contributed by atoms with Gasteiger partial charge >= 0.3 is 0 Å². The summed E-state index contributed by atoms with van der Waals surface area (Å²) < 4.78 is 1.86. The molecule has 2 rings (SSSR count). The SMILES string of the molecule is CCCC(O)(CCC)CNC(=NCc1ccc(-n2ccnc2)nc1)NCC. The van der Waals surface area contributed by atoms with E-state index in [0.29, 0.717) is 19.0 Å². The molecule has 0 radical (unpaired) electrons. The van der Waals surface area contributed by atoms with Crippen molar-refractivity contribution in [2.45, 2.75) is 58.6 Å². The summed E-state index contributed by atoms with van der Waals surface area (Å²) in [6.07, 6.45) is 10.6. The van der Waals surface area contributed by atoms with Crippen molar-refractivity contribution >= 4 is 5.96 Å². The van der Waals surface area contributed by atoms with Gasteiger partial charge in [0.05, 0.1) is 12.1 Å². The summed E-state index contributed by atoms with van der Waals surface area (Å²) in [6, 6.07) is 3.97. The highest BCUT2D eigenvalue weighted by atomic mass is 16.3. The minimum absolute atomic E-state index is 0.498. The number of nitrogens with one attached hydrogen (secondary N) is 2. The largest absolute Gasteiger partial charge is 0.388 e. The predicted octanol–water partition coefficient (Wildman–Crippen LogP) is 2.65. The standard InChI is InChI=1S/C20H32N6O/c1-4-9-20(27,10-5-2)15-25-19(22-6-3)24-14-17-7-8-18(23-13-17)26-12-11-21-16-26/h7-8,11-13,16,27H,4-6,9-10,14-15H2,1-3H3,(H2,22,24,25). The van der Waals surface area contributed by atoms with Crippen molar-refractivity contribution in [1.29, 1.82) is 0 Å². The Kier molecular flexibility index (Phi) is 8.26. The van der Waals surface area contributed by atoms with E-state index in [4.69, 9.17) is 0 Å². The lowest BCUT2D eigenvalue weighted by atomic mass is 9.93. The van der Waals surface area contributed by atoms with Gasteiger partial charge in [0.25, 0.3) is 0 Å². The van der Waals surface area contributed by atoms with Crippen LogP contribution in [0.15, 0.2) is 42.0 Å². The molecule has 0 aliphatic rings. The lowest BCUT2D eigenvalue weighted by Crippen LogP contribution is -2.47. The van der Waals surface area contributed by atoms with Gasteiger partial charge in [0, 0.05) is 31.7 Å². The molecule has 0 amide bonds. The molecule has 7 heteroatoms. The molecule has 0 saturated carbocycles. The van der Waals surface area contributed by atoms with Crippen LogP contribution in [0.1, 0.15) is 52.0 Å². The average Bonchev–Trinajstić information content (AvgIpc) is 3.20. The maximum atomic E-state index is 10.8. The molecule has 27 heavy (non-hydrogen) atoms. The van der Waals surface area contributed by atoms with Gasteiger partial charge in [-0.05, 0) is 31.4 Å². The Bertz CT molecular complexity index is 675. The van der Waals surface area contributed by atoms with Gasteiger partial charge in [0.15, 0.2) is 5.96 Å². The third-order valence-electron chi connectivity index (χ3n) is 4.36. The maximum Gasteiger partial charge on any atom is 0.191 e. The van der Waals surface area contributed by atoms with E-state index in [1.165, 1.54) is 0 Å². The first-order chi connectivity index (χ1) is 13.1. The number of nitrogens with zero attached hydrogens (tertiary/aromatic N) is 4. The number of aliphatic imine (C=N–C) groups is 1. The molecular formula is C20H32N6O. The van der Waals surface area contributed by atoms with Gasteiger partial charge in [-0.25, -0.2) is 15.0 Å². The van der Waals surface area contributed by atoms with Gasteiger partial charge in [-0.1, -0.05) is 32.8 Å². The van der Waals surface area contributed by atoms with Crippen molar-refractivity contribution < 1.29 is 5.11 Å². The van der Waals surface area contributed by atoms with Crippen LogP contribution in [0, 0.1) is 0 Å². The lowest BCUT2D eigenvalue weighted by molar-refractivity contribution is 0.0257. The van der Waals surface area contributed by atoms with E-state index in [1.54, 1.807) is 12.5 Å². The Morgan fingerprint density at radius 1 is 1.19 bits per heavy atom. The number of hydrogen-bond donors (Lipinski definition) is 3. The fraction of sp³-hybridized carbons (Fsp3) is 0.550. The normalized spacial score (nSPS) is 12.2. The van der Waals surface area contributed by atoms with Crippen LogP contribution in [0.3, 0.4) is 0 Å². The smallest absolute Gasteiger partial charge is 0.191 e. The highest BCUT2D eigenvalue weighted by molar-refractivity contribution is 5.79. The number of aromatic nitrogens is 3. The van der Waals surface area contributed by atoms with E-state index in [1.807, 2.05) is 36.0 Å². The fourth-order valence-corrected chi connectivity index (χ4v) is 3.05. The molecule has 0 saturated heterocycles. The number of rotatable bonds is 10. The van der Waals surface area contributed by atoms with Gasteiger partial charge < -0.3 is 15.7 Å². The molecule has 0 spiro atoms. The van der Waals surface area contributed by atoms with Crippen molar-refractivity contribution in [2.75, 3.05) is 13.1 Å². The van der Waals surface area contributed by atoms with Gasteiger partial charge in [0.1, 0.15) is 12.1 Å². The summed E-state index contributed by atoms with van der Waals surface area (Å²) in [6.45, 7) is 8.01. The third kappa shape index (κ3) is 6.67. The Balaban J connectivity index is 1.97. The molecule has 2 aromatic heterocycles. The number of pyridine rings is 1. The van der Waals surface area contributed by atoms with Crippen LogP contribution in [0.4, 0.5) is 0 Å². The highest BCUT2D eigenvalue weighted by Gasteiger charge is 2.24. The lowest BCUT2D eigenvalue weighted by Gasteiger charge is -2.28. The summed E-state index contributed by atoms with van der Waals surface area (Å²) in [5.41, 5.74) is 0.335. The molecule has 3 N–H and O–H groups in total. The number of imidazole rings is 1. The van der Waals surface area contributed by atoms with Gasteiger partial charge in [-0.2, -0.15) is 0 Å². The Hall–Kier alpha value is -2.41. The van der Waals surface area contributed by atoms with Crippen molar-refractivity contribution in [3.8, 4) is 5.82 Å². The molecule has 0 unspecified atom stereocenters. The van der Waals surface area contributed by atoms with E-state index < -0.39 is 5.60 Å².